The number of hydrogen-bond donors (Lipinski definition) is 0. The molecule has 0 bridgehead atoms. The van der Waals surface area contributed by atoms with Crippen molar-refractivity contribution >= 4 is 12.0 Å². The molecule has 0 aromatic heterocycles. The molecule has 3 heteroatoms. The number of hydrogen-bond acceptors (Lipinski definition) is 2. The minimum Gasteiger partial charge on any atom is -0.364 e. The molecule has 1 saturated heterocycles. The van der Waals surface area contributed by atoms with Crippen molar-refractivity contribution in [2.45, 2.75) is 45.2 Å². The van der Waals surface area contributed by atoms with Gasteiger partial charge in [0.25, 0.3) is 0 Å². The number of anilines is 1. The first-order chi connectivity index (χ1) is 8.13. The summed E-state index contributed by atoms with van der Waals surface area (Å²) >= 11 is 0. The average Bonchev–Trinajstić information content (AvgIpc) is 2.30. The van der Waals surface area contributed by atoms with Gasteiger partial charge < -0.3 is 4.90 Å². The summed E-state index contributed by atoms with van der Waals surface area (Å²) in [6, 6.07) is 5.43. The summed E-state index contributed by atoms with van der Waals surface area (Å²) in [5.74, 6) is -0.296. The third-order valence-electron chi connectivity index (χ3n) is 3.58. The molecule has 1 aromatic rings. The molecule has 1 fully saturated rings. The Hall–Kier alpha value is -1.38. The zero-order chi connectivity index (χ0) is 12.4. The van der Waals surface area contributed by atoms with Crippen LogP contribution in [0.4, 0.5) is 10.1 Å². The molecule has 17 heavy (non-hydrogen) atoms. The Morgan fingerprint density at radius 1 is 1.29 bits per heavy atom. The molecule has 0 aliphatic carbocycles. The van der Waals surface area contributed by atoms with Gasteiger partial charge in [-0.2, -0.15) is 0 Å². The molecule has 0 N–H and O–H groups in total. The third kappa shape index (κ3) is 2.33. The van der Waals surface area contributed by atoms with Gasteiger partial charge in [-0.15, -0.1) is 0 Å². The minimum atomic E-state index is -0.296. The molecule has 2 unspecified atom stereocenters. The number of nitrogens with zero attached hydrogens (tertiary/aromatic N) is 1. The number of carbonyl (C=O) groups excluding carboxylic acids is 1. The van der Waals surface area contributed by atoms with Crippen LogP contribution < -0.4 is 4.90 Å². The van der Waals surface area contributed by atoms with Crippen molar-refractivity contribution in [3.05, 3.63) is 29.6 Å². The van der Waals surface area contributed by atoms with Crippen molar-refractivity contribution in [3.63, 3.8) is 0 Å². The van der Waals surface area contributed by atoms with Gasteiger partial charge in [-0.05, 0) is 51.3 Å². The SMILES string of the molecule is CC1CCCC(C)N1c1ccc(C=O)cc1F. The standard InChI is InChI=1S/C14H18FNO/c1-10-4-3-5-11(2)16(10)14-7-6-12(9-17)8-13(14)15/h6-11H,3-5H2,1-2H3. The van der Waals surface area contributed by atoms with Gasteiger partial charge >= 0.3 is 0 Å². The molecule has 0 spiro atoms. The Morgan fingerprint density at radius 2 is 1.94 bits per heavy atom. The highest BCUT2D eigenvalue weighted by Crippen LogP contribution is 2.31. The van der Waals surface area contributed by atoms with E-state index in [1.807, 2.05) is 0 Å². The summed E-state index contributed by atoms with van der Waals surface area (Å²) in [6.07, 6.45) is 4.07. The van der Waals surface area contributed by atoms with Crippen molar-refractivity contribution in [2.24, 2.45) is 0 Å². The van der Waals surface area contributed by atoms with Crippen LogP contribution in [0.5, 0.6) is 0 Å². The highest BCUT2D eigenvalue weighted by atomic mass is 19.1. The second-order valence-electron chi connectivity index (χ2n) is 4.86. The van der Waals surface area contributed by atoms with Crippen LogP contribution in [0.2, 0.25) is 0 Å². The molecule has 2 nitrogen and oxygen atoms in total. The van der Waals surface area contributed by atoms with Crippen LogP contribution in [-0.2, 0) is 0 Å². The van der Waals surface area contributed by atoms with E-state index in [9.17, 15) is 9.18 Å². The van der Waals surface area contributed by atoms with Crippen LogP contribution in [0.25, 0.3) is 0 Å². The van der Waals surface area contributed by atoms with E-state index in [1.54, 1.807) is 12.1 Å². The molecular weight excluding hydrogens is 217 g/mol. The monoisotopic (exact) mass is 235 g/mol. The second kappa shape index (κ2) is 4.86. The predicted molar refractivity (Wildman–Crippen MR) is 67.0 cm³/mol. The maximum atomic E-state index is 14.0. The van der Waals surface area contributed by atoms with Crippen LogP contribution in [-0.4, -0.2) is 18.4 Å². The number of carbonyl (C=O) groups is 1. The Balaban J connectivity index is 2.34. The first-order valence-corrected chi connectivity index (χ1v) is 6.16. The number of benzene rings is 1. The van der Waals surface area contributed by atoms with Crippen molar-refractivity contribution < 1.29 is 9.18 Å². The molecule has 1 heterocycles. The molecule has 1 aliphatic rings. The zero-order valence-electron chi connectivity index (χ0n) is 10.3. The van der Waals surface area contributed by atoms with E-state index in [1.165, 1.54) is 12.5 Å². The zero-order valence-corrected chi connectivity index (χ0v) is 10.3. The highest BCUT2D eigenvalue weighted by Gasteiger charge is 2.26. The van der Waals surface area contributed by atoms with E-state index < -0.39 is 0 Å². The predicted octanol–water partition coefficient (Wildman–Crippen LogP) is 3.41. The van der Waals surface area contributed by atoms with E-state index in [4.69, 9.17) is 0 Å². The van der Waals surface area contributed by atoms with E-state index >= 15 is 0 Å². The summed E-state index contributed by atoms with van der Waals surface area (Å²) < 4.78 is 14.0. The van der Waals surface area contributed by atoms with Crippen molar-refractivity contribution in [1.29, 1.82) is 0 Å². The van der Waals surface area contributed by atoms with Gasteiger partial charge in [0.2, 0.25) is 0 Å². The quantitative estimate of drug-likeness (QED) is 0.732. The summed E-state index contributed by atoms with van der Waals surface area (Å²) in [6.45, 7) is 4.26. The lowest BCUT2D eigenvalue weighted by Crippen LogP contribution is -2.44. The first-order valence-electron chi connectivity index (χ1n) is 6.16. The van der Waals surface area contributed by atoms with Gasteiger partial charge in [0, 0.05) is 17.6 Å². The van der Waals surface area contributed by atoms with Crippen molar-refractivity contribution in [2.75, 3.05) is 4.90 Å². The van der Waals surface area contributed by atoms with Crippen LogP contribution in [0.15, 0.2) is 18.2 Å². The molecule has 0 saturated carbocycles. The van der Waals surface area contributed by atoms with Gasteiger partial charge in [0.1, 0.15) is 12.1 Å². The van der Waals surface area contributed by atoms with Crippen LogP contribution >= 0.6 is 0 Å². The summed E-state index contributed by atoms with van der Waals surface area (Å²) in [4.78, 5) is 12.7. The fraction of sp³-hybridized carbons (Fsp3) is 0.500. The molecule has 92 valence electrons. The topological polar surface area (TPSA) is 20.3 Å². The van der Waals surface area contributed by atoms with E-state index in [0.29, 0.717) is 29.6 Å². The molecule has 2 rings (SSSR count). The number of rotatable bonds is 2. The van der Waals surface area contributed by atoms with Gasteiger partial charge in [-0.25, -0.2) is 4.39 Å². The van der Waals surface area contributed by atoms with Crippen molar-refractivity contribution in [1.82, 2.24) is 0 Å². The Labute approximate surface area is 101 Å². The fourth-order valence-corrected chi connectivity index (χ4v) is 2.70. The van der Waals surface area contributed by atoms with E-state index in [-0.39, 0.29) is 5.82 Å². The summed E-state index contributed by atoms with van der Waals surface area (Å²) in [7, 11) is 0. The van der Waals surface area contributed by atoms with Crippen LogP contribution in [0.3, 0.4) is 0 Å². The number of piperidine rings is 1. The van der Waals surface area contributed by atoms with E-state index in [2.05, 4.69) is 18.7 Å². The fourth-order valence-electron chi connectivity index (χ4n) is 2.70. The maximum absolute atomic E-state index is 14.0. The lowest BCUT2D eigenvalue weighted by atomic mass is 9.96. The van der Waals surface area contributed by atoms with Crippen molar-refractivity contribution in [3.8, 4) is 0 Å². The molecular formula is C14H18FNO. The van der Waals surface area contributed by atoms with Gasteiger partial charge in [-0.1, -0.05) is 0 Å². The van der Waals surface area contributed by atoms with Gasteiger partial charge in [0.15, 0.2) is 0 Å². The Bertz CT molecular complexity index is 409. The van der Waals surface area contributed by atoms with Crippen LogP contribution in [0.1, 0.15) is 43.5 Å². The smallest absolute Gasteiger partial charge is 0.150 e. The third-order valence-corrected chi connectivity index (χ3v) is 3.58. The molecule has 0 amide bonds. The second-order valence-corrected chi connectivity index (χ2v) is 4.86. The highest BCUT2D eigenvalue weighted by molar-refractivity contribution is 5.76. The number of aldehydes is 1. The minimum absolute atomic E-state index is 0.296. The Morgan fingerprint density at radius 3 is 2.47 bits per heavy atom. The largest absolute Gasteiger partial charge is 0.364 e. The lowest BCUT2D eigenvalue weighted by molar-refractivity contribution is 0.112. The summed E-state index contributed by atoms with van der Waals surface area (Å²) in [5, 5.41) is 0. The normalized spacial score (nSPS) is 24.8. The molecule has 1 aromatic carbocycles. The average molecular weight is 235 g/mol. The molecule has 2 atom stereocenters. The first kappa shape index (κ1) is 12.1. The van der Waals surface area contributed by atoms with E-state index in [0.717, 1.165) is 12.8 Å². The number of halogens is 1. The van der Waals surface area contributed by atoms with Gasteiger partial charge in [-0.3, -0.25) is 4.79 Å². The van der Waals surface area contributed by atoms with Gasteiger partial charge in [0.05, 0.1) is 5.69 Å². The maximum Gasteiger partial charge on any atom is 0.150 e. The molecule has 0 radical (unpaired) electrons. The Kier molecular flexibility index (Phi) is 3.46. The molecule has 1 aliphatic heterocycles. The lowest BCUT2D eigenvalue weighted by Gasteiger charge is -2.41. The summed E-state index contributed by atoms with van der Waals surface area (Å²) in [5.41, 5.74) is 1.01. The van der Waals surface area contributed by atoms with Crippen LogP contribution in [0, 0.1) is 5.82 Å².